The van der Waals surface area contributed by atoms with Crippen molar-refractivity contribution in [3.05, 3.63) is 47.1 Å². The average Bonchev–Trinajstić information content (AvgIpc) is 2.90. The lowest BCUT2D eigenvalue weighted by Gasteiger charge is -2.19. The van der Waals surface area contributed by atoms with Gasteiger partial charge in [0, 0.05) is 18.0 Å². The smallest absolute Gasteiger partial charge is 0.263 e. The van der Waals surface area contributed by atoms with Gasteiger partial charge in [-0.25, -0.2) is 4.39 Å². The minimum Gasteiger partial charge on any atom is -0.338 e. The zero-order chi connectivity index (χ0) is 15.5. The van der Waals surface area contributed by atoms with E-state index in [1.165, 1.54) is 29.9 Å². The van der Waals surface area contributed by atoms with Crippen LogP contribution < -0.4 is 0 Å². The Morgan fingerprint density at radius 3 is 2.68 bits per heavy atom. The van der Waals surface area contributed by atoms with Gasteiger partial charge in [0.25, 0.3) is 5.91 Å². The number of carbonyl (C=O) groups excluding carboxylic acids is 1. The van der Waals surface area contributed by atoms with E-state index in [4.69, 9.17) is 0 Å². The maximum absolute atomic E-state index is 13.0. The lowest BCUT2D eigenvalue weighted by molar-refractivity contribution is 0.0765. The molecule has 0 spiro atoms. The van der Waals surface area contributed by atoms with Crippen LogP contribution in [0.5, 0.6) is 0 Å². The molecular weight excluding hydrogens is 297 g/mol. The molecule has 3 rings (SSSR count). The first-order valence-corrected chi connectivity index (χ1v) is 8.60. The van der Waals surface area contributed by atoms with Crippen molar-refractivity contribution in [2.24, 2.45) is 5.92 Å². The summed E-state index contributed by atoms with van der Waals surface area (Å²) < 4.78 is 13.0. The first kappa shape index (κ1) is 15.2. The number of carbonyl (C=O) groups is 1. The molecule has 2 aromatic rings. The van der Waals surface area contributed by atoms with Gasteiger partial charge in [0.1, 0.15) is 5.82 Å². The number of halogens is 1. The molecule has 0 radical (unpaired) electrons. The Hall–Kier alpha value is -1.68. The summed E-state index contributed by atoms with van der Waals surface area (Å²) in [5.41, 5.74) is 0.954. The molecule has 1 aromatic heterocycles. The van der Waals surface area contributed by atoms with Gasteiger partial charge in [0.15, 0.2) is 0 Å². The summed E-state index contributed by atoms with van der Waals surface area (Å²) in [5, 5.41) is 0. The standard InChI is InChI=1S/C18H20FNOS/c1-13-3-2-11-20(12-10-13)18(21)17-9-8-16(22-17)14-4-6-15(19)7-5-14/h4-9,13H,2-3,10-12H2,1H3/t13-/m1/s1. The monoisotopic (exact) mass is 317 g/mol. The third kappa shape index (κ3) is 3.38. The first-order valence-electron chi connectivity index (χ1n) is 7.78. The van der Waals surface area contributed by atoms with Crippen molar-refractivity contribution in [2.75, 3.05) is 13.1 Å². The molecular formula is C18H20FNOS. The van der Waals surface area contributed by atoms with Crippen LogP contribution >= 0.6 is 11.3 Å². The number of thiophene rings is 1. The van der Waals surface area contributed by atoms with Gasteiger partial charge in [-0.05, 0) is 55.0 Å². The molecule has 1 fully saturated rings. The van der Waals surface area contributed by atoms with Crippen molar-refractivity contribution < 1.29 is 9.18 Å². The molecule has 0 unspecified atom stereocenters. The van der Waals surface area contributed by atoms with Gasteiger partial charge >= 0.3 is 0 Å². The quantitative estimate of drug-likeness (QED) is 0.778. The van der Waals surface area contributed by atoms with Crippen LogP contribution in [-0.2, 0) is 0 Å². The summed E-state index contributed by atoms with van der Waals surface area (Å²) in [5.74, 6) is 0.596. The highest BCUT2D eigenvalue weighted by molar-refractivity contribution is 7.17. The summed E-state index contributed by atoms with van der Waals surface area (Å²) >= 11 is 1.49. The van der Waals surface area contributed by atoms with E-state index in [1.807, 2.05) is 17.0 Å². The molecule has 1 saturated heterocycles. The normalized spacial score (nSPS) is 19.0. The molecule has 2 nitrogen and oxygen atoms in total. The maximum Gasteiger partial charge on any atom is 0.263 e. The van der Waals surface area contributed by atoms with Crippen LogP contribution in [0.3, 0.4) is 0 Å². The van der Waals surface area contributed by atoms with Gasteiger partial charge in [0.2, 0.25) is 0 Å². The number of rotatable bonds is 2. The molecule has 0 aliphatic carbocycles. The van der Waals surface area contributed by atoms with Crippen LogP contribution in [0.2, 0.25) is 0 Å². The fourth-order valence-corrected chi connectivity index (χ4v) is 3.82. The molecule has 116 valence electrons. The largest absolute Gasteiger partial charge is 0.338 e. The summed E-state index contributed by atoms with van der Waals surface area (Å²) in [6, 6.07) is 10.2. The number of likely N-dealkylation sites (tertiary alicyclic amines) is 1. The van der Waals surface area contributed by atoms with Gasteiger partial charge in [-0.1, -0.05) is 19.1 Å². The van der Waals surface area contributed by atoms with E-state index >= 15 is 0 Å². The number of hydrogen-bond acceptors (Lipinski definition) is 2. The van der Waals surface area contributed by atoms with Crippen LogP contribution in [0.25, 0.3) is 10.4 Å². The van der Waals surface area contributed by atoms with Crippen molar-refractivity contribution >= 4 is 17.2 Å². The summed E-state index contributed by atoms with van der Waals surface area (Å²) in [6.07, 6.45) is 3.38. The number of benzene rings is 1. The fourth-order valence-electron chi connectivity index (χ4n) is 2.84. The highest BCUT2D eigenvalue weighted by Gasteiger charge is 2.21. The second-order valence-electron chi connectivity index (χ2n) is 6.00. The molecule has 0 saturated carbocycles. The highest BCUT2D eigenvalue weighted by Crippen LogP contribution is 2.29. The van der Waals surface area contributed by atoms with Gasteiger partial charge in [-0.2, -0.15) is 0 Å². The predicted octanol–water partition coefficient (Wildman–Crippen LogP) is 4.82. The topological polar surface area (TPSA) is 20.3 Å². The van der Waals surface area contributed by atoms with Crippen molar-refractivity contribution in [3.63, 3.8) is 0 Å². The zero-order valence-corrected chi connectivity index (χ0v) is 13.5. The maximum atomic E-state index is 13.0. The fraction of sp³-hybridized carbons (Fsp3) is 0.389. The summed E-state index contributed by atoms with van der Waals surface area (Å²) in [7, 11) is 0. The second kappa shape index (κ2) is 6.61. The third-order valence-electron chi connectivity index (χ3n) is 4.25. The van der Waals surface area contributed by atoms with E-state index in [1.54, 1.807) is 12.1 Å². The van der Waals surface area contributed by atoms with Crippen molar-refractivity contribution in [1.82, 2.24) is 4.90 Å². The van der Waals surface area contributed by atoms with Crippen LogP contribution in [0.1, 0.15) is 35.9 Å². The minimum absolute atomic E-state index is 0.132. The van der Waals surface area contributed by atoms with E-state index in [-0.39, 0.29) is 11.7 Å². The Morgan fingerprint density at radius 1 is 1.14 bits per heavy atom. The molecule has 0 N–H and O–H groups in total. The van der Waals surface area contributed by atoms with Crippen LogP contribution in [-0.4, -0.2) is 23.9 Å². The van der Waals surface area contributed by atoms with Crippen molar-refractivity contribution in [1.29, 1.82) is 0 Å². The molecule has 0 bridgehead atoms. The summed E-state index contributed by atoms with van der Waals surface area (Å²) in [6.45, 7) is 3.96. The van der Waals surface area contributed by atoms with Crippen molar-refractivity contribution in [3.8, 4) is 10.4 Å². The van der Waals surface area contributed by atoms with E-state index in [2.05, 4.69) is 6.92 Å². The molecule has 4 heteroatoms. The predicted molar refractivity (Wildman–Crippen MR) is 88.6 cm³/mol. The Bertz CT molecular complexity index is 649. The third-order valence-corrected chi connectivity index (χ3v) is 5.37. The highest BCUT2D eigenvalue weighted by atomic mass is 32.1. The number of amides is 1. The molecule has 1 aliphatic rings. The van der Waals surface area contributed by atoms with Crippen LogP contribution in [0, 0.1) is 11.7 Å². The lowest BCUT2D eigenvalue weighted by atomic mass is 10.0. The Labute approximate surface area is 134 Å². The minimum atomic E-state index is -0.240. The Morgan fingerprint density at radius 2 is 1.91 bits per heavy atom. The zero-order valence-electron chi connectivity index (χ0n) is 12.7. The average molecular weight is 317 g/mol. The summed E-state index contributed by atoms with van der Waals surface area (Å²) in [4.78, 5) is 16.4. The number of nitrogens with zero attached hydrogens (tertiary/aromatic N) is 1. The van der Waals surface area contributed by atoms with Gasteiger partial charge in [-0.3, -0.25) is 4.79 Å². The molecule has 1 aromatic carbocycles. The van der Waals surface area contributed by atoms with E-state index in [9.17, 15) is 9.18 Å². The lowest BCUT2D eigenvalue weighted by Crippen LogP contribution is -2.31. The van der Waals surface area contributed by atoms with E-state index in [0.717, 1.165) is 41.2 Å². The molecule has 1 amide bonds. The van der Waals surface area contributed by atoms with Gasteiger partial charge in [-0.15, -0.1) is 11.3 Å². The van der Waals surface area contributed by atoms with Gasteiger partial charge in [0.05, 0.1) is 4.88 Å². The van der Waals surface area contributed by atoms with Crippen LogP contribution in [0.15, 0.2) is 36.4 Å². The first-order chi connectivity index (χ1) is 10.6. The Kier molecular flexibility index (Phi) is 4.57. The van der Waals surface area contributed by atoms with Crippen molar-refractivity contribution in [2.45, 2.75) is 26.2 Å². The molecule has 1 aliphatic heterocycles. The molecule has 22 heavy (non-hydrogen) atoms. The number of hydrogen-bond donors (Lipinski definition) is 0. The van der Waals surface area contributed by atoms with E-state index in [0.29, 0.717) is 5.92 Å². The van der Waals surface area contributed by atoms with Gasteiger partial charge < -0.3 is 4.90 Å². The van der Waals surface area contributed by atoms with E-state index < -0.39 is 0 Å². The SMILES string of the molecule is C[C@@H]1CCCN(C(=O)c2ccc(-c3ccc(F)cc3)s2)CC1. The Balaban J connectivity index is 1.75. The molecule has 2 heterocycles. The van der Waals surface area contributed by atoms with Crippen LogP contribution in [0.4, 0.5) is 4.39 Å². The molecule has 1 atom stereocenters. The second-order valence-corrected chi connectivity index (χ2v) is 7.08.